The minimum absolute atomic E-state index is 0.00710. The number of amides is 1. The van der Waals surface area contributed by atoms with E-state index >= 15 is 0 Å². The van der Waals surface area contributed by atoms with Gasteiger partial charge in [0, 0.05) is 33.5 Å². The van der Waals surface area contributed by atoms with Gasteiger partial charge in [-0.15, -0.1) is 11.3 Å². The highest BCUT2D eigenvalue weighted by Gasteiger charge is 2.25. The molecule has 1 aromatic heterocycles. The predicted octanol–water partition coefficient (Wildman–Crippen LogP) is 6.32. The van der Waals surface area contributed by atoms with E-state index in [2.05, 4.69) is 72.9 Å². The number of hydrogen-bond acceptors (Lipinski definition) is 5. The molecular weight excluding hydrogens is 412 g/mol. The van der Waals surface area contributed by atoms with E-state index in [9.17, 15) is 9.90 Å². The molecule has 4 nitrogen and oxygen atoms in total. The summed E-state index contributed by atoms with van der Waals surface area (Å²) < 4.78 is 1.28. The number of para-hydroxylation sites is 1. The minimum atomic E-state index is -0.272. The van der Waals surface area contributed by atoms with Crippen LogP contribution in [0.25, 0.3) is 10.1 Å². The first-order valence-corrected chi connectivity index (χ1v) is 11.4. The Hall–Kier alpha value is -2.70. The Morgan fingerprint density at radius 3 is 2.80 bits per heavy atom. The Morgan fingerprint density at radius 1 is 1.20 bits per heavy atom. The van der Waals surface area contributed by atoms with Gasteiger partial charge in [0.1, 0.15) is 5.75 Å². The van der Waals surface area contributed by atoms with Crippen LogP contribution in [0, 0.1) is 5.41 Å². The van der Waals surface area contributed by atoms with Crippen molar-refractivity contribution in [3.63, 3.8) is 0 Å². The summed E-state index contributed by atoms with van der Waals surface area (Å²) in [6, 6.07) is 15.3. The van der Waals surface area contributed by atoms with E-state index in [1.54, 1.807) is 41.3 Å². The van der Waals surface area contributed by atoms with E-state index in [0.29, 0.717) is 12.1 Å². The molecule has 0 atom stereocenters. The fraction of sp³-hybridized carbons (Fsp3) is 0.208. The summed E-state index contributed by atoms with van der Waals surface area (Å²) >= 11 is 3.48. The molecule has 0 saturated carbocycles. The predicted molar refractivity (Wildman–Crippen MR) is 128 cm³/mol. The van der Waals surface area contributed by atoms with Gasteiger partial charge in [-0.2, -0.15) is 0 Å². The molecule has 0 spiro atoms. The van der Waals surface area contributed by atoms with E-state index in [0.717, 1.165) is 10.7 Å². The van der Waals surface area contributed by atoms with E-state index in [-0.39, 0.29) is 17.1 Å². The SMILES string of the molecule is CC1=CN(c2ccc3sccc3c2)C(=CC(C)(C)CNC(=O)c2ccccc2O)S1. The third-order valence-corrected chi connectivity index (χ3v) is 6.74. The van der Waals surface area contributed by atoms with E-state index in [4.69, 9.17) is 0 Å². The number of benzene rings is 2. The first kappa shape index (κ1) is 20.6. The summed E-state index contributed by atoms with van der Waals surface area (Å²) in [5, 5.41) is 17.3. The van der Waals surface area contributed by atoms with Crippen LogP contribution in [0.2, 0.25) is 0 Å². The second-order valence-electron chi connectivity index (χ2n) is 8.03. The van der Waals surface area contributed by atoms with Crippen molar-refractivity contribution in [2.45, 2.75) is 20.8 Å². The smallest absolute Gasteiger partial charge is 0.255 e. The number of thioether (sulfide) groups is 1. The van der Waals surface area contributed by atoms with Gasteiger partial charge < -0.3 is 15.3 Å². The van der Waals surface area contributed by atoms with Crippen molar-refractivity contribution < 1.29 is 9.90 Å². The molecule has 0 aliphatic carbocycles. The molecule has 0 bridgehead atoms. The maximum absolute atomic E-state index is 12.5. The Kier molecular flexibility index (Phi) is 5.62. The number of phenolic OH excluding ortho intramolecular Hbond substituents is 1. The van der Waals surface area contributed by atoms with Crippen molar-refractivity contribution in [2.75, 3.05) is 11.4 Å². The Labute approximate surface area is 184 Å². The summed E-state index contributed by atoms with van der Waals surface area (Å²) in [7, 11) is 0. The maximum Gasteiger partial charge on any atom is 0.255 e. The highest BCUT2D eigenvalue weighted by atomic mass is 32.2. The molecule has 1 amide bonds. The number of anilines is 1. The van der Waals surface area contributed by atoms with Crippen LogP contribution >= 0.6 is 23.1 Å². The largest absolute Gasteiger partial charge is 0.507 e. The number of thiophene rings is 1. The number of hydrogen-bond donors (Lipinski definition) is 2. The highest BCUT2D eigenvalue weighted by molar-refractivity contribution is 8.07. The molecule has 3 aromatic rings. The zero-order valence-corrected chi connectivity index (χ0v) is 18.8. The molecule has 4 rings (SSSR count). The number of phenols is 1. The van der Waals surface area contributed by atoms with Crippen LogP contribution in [0.5, 0.6) is 5.75 Å². The molecule has 0 saturated heterocycles. The summed E-state index contributed by atoms with van der Waals surface area (Å²) in [4.78, 5) is 15.9. The van der Waals surface area contributed by atoms with E-state index in [1.165, 1.54) is 21.1 Å². The monoisotopic (exact) mass is 436 g/mol. The molecule has 30 heavy (non-hydrogen) atoms. The van der Waals surface area contributed by atoms with E-state index < -0.39 is 0 Å². The third kappa shape index (κ3) is 4.40. The van der Waals surface area contributed by atoms with Crippen molar-refractivity contribution in [1.82, 2.24) is 5.32 Å². The molecule has 1 aliphatic rings. The Balaban J connectivity index is 1.52. The van der Waals surface area contributed by atoms with Gasteiger partial charge in [0.2, 0.25) is 0 Å². The average Bonchev–Trinajstić information content (AvgIpc) is 3.31. The lowest BCUT2D eigenvalue weighted by molar-refractivity contribution is 0.0940. The van der Waals surface area contributed by atoms with Gasteiger partial charge in [-0.05, 0) is 60.2 Å². The van der Waals surface area contributed by atoms with Gasteiger partial charge in [0.25, 0.3) is 5.91 Å². The van der Waals surface area contributed by atoms with Crippen molar-refractivity contribution in [3.05, 3.63) is 81.7 Å². The number of aromatic hydroxyl groups is 1. The molecule has 2 heterocycles. The number of nitrogens with zero attached hydrogens (tertiary/aromatic N) is 1. The van der Waals surface area contributed by atoms with Crippen LogP contribution in [0.15, 0.2) is 76.1 Å². The lowest BCUT2D eigenvalue weighted by atomic mass is 9.93. The minimum Gasteiger partial charge on any atom is -0.507 e. The van der Waals surface area contributed by atoms with Crippen molar-refractivity contribution in [2.24, 2.45) is 5.41 Å². The Bertz CT molecular complexity index is 1160. The molecule has 2 aromatic carbocycles. The zero-order chi connectivity index (χ0) is 21.3. The van der Waals surface area contributed by atoms with Crippen molar-refractivity contribution in [1.29, 1.82) is 0 Å². The molecule has 154 valence electrons. The summed E-state index contributed by atoms with van der Waals surface area (Å²) in [6.45, 7) is 6.76. The van der Waals surface area contributed by atoms with Crippen LogP contribution in [-0.4, -0.2) is 17.6 Å². The molecule has 6 heteroatoms. The number of rotatable bonds is 5. The van der Waals surface area contributed by atoms with Gasteiger partial charge in [-0.3, -0.25) is 4.79 Å². The Morgan fingerprint density at radius 2 is 2.00 bits per heavy atom. The molecule has 2 N–H and O–H groups in total. The average molecular weight is 437 g/mol. The second-order valence-corrected chi connectivity index (χ2v) is 10.2. The number of nitrogens with one attached hydrogen (secondary N) is 1. The fourth-order valence-electron chi connectivity index (χ4n) is 3.34. The molecule has 0 fully saturated rings. The molecule has 0 unspecified atom stereocenters. The number of carbonyl (C=O) groups is 1. The molecular formula is C24H24N2O2S2. The van der Waals surface area contributed by atoms with Crippen LogP contribution in [0.3, 0.4) is 0 Å². The lowest BCUT2D eigenvalue weighted by Gasteiger charge is -2.25. The lowest BCUT2D eigenvalue weighted by Crippen LogP contribution is -2.33. The van der Waals surface area contributed by atoms with Gasteiger partial charge in [-0.25, -0.2) is 0 Å². The van der Waals surface area contributed by atoms with Crippen LogP contribution in [-0.2, 0) is 0 Å². The first-order valence-electron chi connectivity index (χ1n) is 9.74. The second kappa shape index (κ2) is 8.20. The standard InChI is InChI=1S/C24H24N2O2S2/c1-16-14-26(18-8-9-21-17(12-18)10-11-29-21)22(30-16)13-24(2,3)15-25-23(28)19-6-4-5-7-20(19)27/h4-14,27H,15H2,1-3H3,(H,25,28). The number of allylic oxidation sites excluding steroid dienone is 1. The maximum atomic E-state index is 12.5. The summed E-state index contributed by atoms with van der Waals surface area (Å²) in [6.07, 6.45) is 4.36. The molecule has 1 aliphatic heterocycles. The van der Waals surface area contributed by atoms with Crippen LogP contribution < -0.4 is 10.2 Å². The quantitative estimate of drug-likeness (QED) is 0.491. The number of carbonyl (C=O) groups excluding carboxylic acids is 1. The van der Waals surface area contributed by atoms with E-state index in [1.807, 2.05) is 0 Å². The van der Waals surface area contributed by atoms with Crippen LogP contribution in [0.4, 0.5) is 5.69 Å². The third-order valence-electron chi connectivity index (χ3n) is 4.90. The van der Waals surface area contributed by atoms with Gasteiger partial charge in [0.05, 0.1) is 10.6 Å². The van der Waals surface area contributed by atoms with Crippen molar-refractivity contribution in [3.8, 4) is 5.75 Å². The topological polar surface area (TPSA) is 52.6 Å². The number of fused-ring (bicyclic) bond motifs is 1. The first-order chi connectivity index (χ1) is 14.3. The van der Waals surface area contributed by atoms with Crippen LogP contribution in [0.1, 0.15) is 31.1 Å². The summed E-state index contributed by atoms with van der Waals surface area (Å²) in [5.74, 6) is -0.278. The van der Waals surface area contributed by atoms with Crippen molar-refractivity contribution >= 4 is 44.8 Å². The van der Waals surface area contributed by atoms with Gasteiger partial charge >= 0.3 is 0 Å². The zero-order valence-electron chi connectivity index (χ0n) is 17.2. The van der Waals surface area contributed by atoms with Gasteiger partial charge in [0.15, 0.2) is 0 Å². The van der Waals surface area contributed by atoms with Gasteiger partial charge in [-0.1, -0.05) is 37.7 Å². The molecule has 0 radical (unpaired) electrons. The summed E-state index contributed by atoms with van der Waals surface area (Å²) in [5.41, 5.74) is 1.15. The highest BCUT2D eigenvalue weighted by Crippen LogP contribution is 2.42. The fourth-order valence-corrected chi connectivity index (χ4v) is 5.24. The normalized spacial score (nSPS) is 15.6.